The van der Waals surface area contributed by atoms with Crippen LogP contribution in [-0.2, 0) is 4.74 Å². The smallest absolute Gasteiger partial charge is 0.298 e. The lowest BCUT2D eigenvalue weighted by Gasteiger charge is -2.47. The van der Waals surface area contributed by atoms with Crippen LogP contribution < -0.4 is 15.0 Å². The lowest BCUT2D eigenvalue weighted by Crippen LogP contribution is -2.67. The monoisotopic (exact) mass is 398 g/mol. The van der Waals surface area contributed by atoms with E-state index in [4.69, 9.17) is 18.9 Å². The number of piperazine rings is 1. The molecule has 6 heterocycles. The third-order valence-corrected chi connectivity index (χ3v) is 6.62. The van der Waals surface area contributed by atoms with E-state index in [0.29, 0.717) is 18.1 Å². The summed E-state index contributed by atoms with van der Waals surface area (Å²) < 4.78 is 18.1. The predicted molar refractivity (Wildman–Crippen MR) is 107 cm³/mol. The van der Waals surface area contributed by atoms with Crippen molar-refractivity contribution in [3.8, 4) is 16.3 Å². The first kappa shape index (κ1) is 16.8. The Morgan fingerprint density at radius 3 is 2.75 bits per heavy atom. The van der Waals surface area contributed by atoms with Crippen molar-refractivity contribution in [2.45, 2.75) is 37.5 Å². The van der Waals surface area contributed by atoms with Crippen molar-refractivity contribution in [1.82, 2.24) is 15.3 Å². The molecule has 2 aromatic heterocycles. The van der Waals surface area contributed by atoms with Crippen LogP contribution in [0.4, 0.5) is 6.01 Å². The number of oxazole rings is 1. The van der Waals surface area contributed by atoms with E-state index in [2.05, 4.69) is 15.2 Å². The van der Waals surface area contributed by atoms with Crippen LogP contribution in [0.3, 0.4) is 0 Å². The van der Waals surface area contributed by atoms with Crippen LogP contribution >= 0.6 is 11.3 Å². The maximum Gasteiger partial charge on any atom is 0.298 e. The molecule has 1 aromatic carbocycles. The highest BCUT2D eigenvalue weighted by Gasteiger charge is 2.38. The third kappa shape index (κ3) is 2.87. The zero-order valence-electron chi connectivity index (χ0n) is 15.5. The number of benzene rings is 1. The molecule has 0 radical (unpaired) electrons. The SMILES string of the molecule is c1csc(-c2ccc(OC3CCOCC3)c3nc(N4CC5CC(C4)N5)oc23)n1. The van der Waals surface area contributed by atoms with Crippen molar-refractivity contribution in [2.24, 2.45) is 0 Å². The second-order valence-electron chi connectivity index (χ2n) is 7.75. The highest BCUT2D eigenvalue weighted by Crippen LogP contribution is 2.39. The maximum absolute atomic E-state index is 6.32. The van der Waals surface area contributed by atoms with Crippen LogP contribution in [0.15, 0.2) is 28.1 Å². The van der Waals surface area contributed by atoms with E-state index in [1.807, 2.05) is 23.7 Å². The van der Waals surface area contributed by atoms with E-state index in [-0.39, 0.29) is 6.10 Å². The molecule has 2 atom stereocenters. The zero-order chi connectivity index (χ0) is 18.5. The van der Waals surface area contributed by atoms with Crippen molar-refractivity contribution in [1.29, 1.82) is 0 Å². The number of hydrogen-bond acceptors (Lipinski definition) is 8. The van der Waals surface area contributed by atoms with Crippen molar-refractivity contribution in [3.05, 3.63) is 23.7 Å². The molecule has 4 fully saturated rings. The number of thiazole rings is 1. The average Bonchev–Trinajstić information content (AvgIpc) is 3.39. The van der Waals surface area contributed by atoms with Crippen molar-refractivity contribution < 1.29 is 13.9 Å². The van der Waals surface area contributed by atoms with E-state index in [1.165, 1.54) is 6.42 Å². The molecule has 4 aliphatic rings. The van der Waals surface area contributed by atoms with Gasteiger partial charge in [-0.05, 0) is 18.6 Å². The molecule has 4 aliphatic heterocycles. The molecule has 8 heteroatoms. The molecule has 0 saturated carbocycles. The van der Waals surface area contributed by atoms with Gasteiger partial charge in [-0.25, -0.2) is 4.98 Å². The van der Waals surface area contributed by atoms with Crippen LogP contribution in [0.25, 0.3) is 21.7 Å². The quantitative estimate of drug-likeness (QED) is 0.724. The van der Waals surface area contributed by atoms with Gasteiger partial charge in [0.1, 0.15) is 16.9 Å². The van der Waals surface area contributed by atoms with Gasteiger partial charge in [0.2, 0.25) is 0 Å². The minimum atomic E-state index is 0.162. The molecular weight excluding hydrogens is 376 g/mol. The fraction of sp³-hybridized carbons (Fsp3) is 0.500. The Bertz CT molecular complexity index is 967. The van der Waals surface area contributed by atoms with Gasteiger partial charge in [0.25, 0.3) is 6.01 Å². The number of aromatic nitrogens is 2. The number of nitrogens with one attached hydrogen (secondary N) is 1. The average molecular weight is 398 g/mol. The Morgan fingerprint density at radius 2 is 2.00 bits per heavy atom. The molecule has 1 N–H and O–H groups in total. The third-order valence-electron chi connectivity index (χ3n) is 5.81. The van der Waals surface area contributed by atoms with E-state index in [9.17, 15) is 0 Å². The fourth-order valence-electron chi connectivity index (χ4n) is 4.37. The van der Waals surface area contributed by atoms with Gasteiger partial charge in [-0.3, -0.25) is 0 Å². The summed E-state index contributed by atoms with van der Waals surface area (Å²) in [6.07, 6.45) is 5.04. The number of ether oxygens (including phenoxy) is 2. The minimum absolute atomic E-state index is 0.162. The summed E-state index contributed by atoms with van der Waals surface area (Å²) in [4.78, 5) is 11.6. The Hall–Kier alpha value is -2.16. The van der Waals surface area contributed by atoms with E-state index in [1.54, 1.807) is 11.3 Å². The molecular formula is C20H22N4O3S. The maximum atomic E-state index is 6.32. The fourth-order valence-corrected chi connectivity index (χ4v) is 5.03. The van der Waals surface area contributed by atoms with Gasteiger partial charge in [-0.1, -0.05) is 0 Å². The van der Waals surface area contributed by atoms with E-state index < -0.39 is 0 Å². The second-order valence-corrected chi connectivity index (χ2v) is 8.65. The summed E-state index contributed by atoms with van der Waals surface area (Å²) in [5.74, 6) is 0.789. The van der Waals surface area contributed by atoms with Crippen LogP contribution in [0, 0.1) is 0 Å². The van der Waals surface area contributed by atoms with E-state index in [0.717, 1.165) is 66.6 Å². The Morgan fingerprint density at radius 1 is 1.18 bits per heavy atom. The van der Waals surface area contributed by atoms with Crippen LogP contribution in [0.2, 0.25) is 0 Å². The van der Waals surface area contributed by atoms with Crippen LogP contribution in [0.5, 0.6) is 5.75 Å². The Kier molecular flexibility index (Phi) is 4.02. The Balaban J connectivity index is 1.40. The molecule has 146 valence electrons. The van der Waals surface area contributed by atoms with Gasteiger partial charge in [-0.2, -0.15) is 4.98 Å². The summed E-state index contributed by atoms with van der Waals surface area (Å²) in [6.45, 7) is 3.37. The number of fused-ring (bicyclic) bond motifs is 3. The summed E-state index contributed by atoms with van der Waals surface area (Å²) in [6, 6.07) is 5.83. The van der Waals surface area contributed by atoms with Gasteiger partial charge in [-0.15, -0.1) is 11.3 Å². The molecule has 0 amide bonds. The minimum Gasteiger partial charge on any atom is -0.488 e. The molecule has 28 heavy (non-hydrogen) atoms. The summed E-state index contributed by atoms with van der Waals surface area (Å²) in [5, 5.41) is 6.48. The van der Waals surface area contributed by atoms with Gasteiger partial charge < -0.3 is 24.1 Å². The standard InChI is InChI=1S/C20H22N4O3S/c1-2-16(26-14-3-6-25-7-4-14)17-18(15(1)19-21-5-8-28-19)27-20(23-17)24-10-12-9-13(11-24)22-12/h1-2,5,8,12-14,22H,3-4,6-7,9-11H2. The lowest BCUT2D eigenvalue weighted by atomic mass is 9.92. The molecule has 7 rings (SSSR count). The molecule has 3 aromatic rings. The highest BCUT2D eigenvalue weighted by atomic mass is 32.1. The van der Waals surface area contributed by atoms with Crippen molar-refractivity contribution in [2.75, 3.05) is 31.2 Å². The van der Waals surface area contributed by atoms with Gasteiger partial charge >= 0.3 is 0 Å². The lowest BCUT2D eigenvalue weighted by molar-refractivity contribution is 0.0261. The Labute approximate surface area is 166 Å². The normalized spacial score (nSPS) is 25.1. The molecule has 2 bridgehead atoms. The summed E-state index contributed by atoms with van der Waals surface area (Å²) in [7, 11) is 0. The molecule has 7 nitrogen and oxygen atoms in total. The molecule has 2 unspecified atom stereocenters. The predicted octanol–water partition coefficient (Wildman–Crippen LogP) is 3.06. The molecule has 0 aliphatic carbocycles. The zero-order valence-corrected chi connectivity index (χ0v) is 16.3. The first-order chi connectivity index (χ1) is 13.8. The number of piperidine rings is 1. The van der Waals surface area contributed by atoms with Crippen LogP contribution in [0.1, 0.15) is 19.3 Å². The topological polar surface area (TPSA) is 72.7 Å². The largest absolute Gasteiger partial charge is 0.488 e. The number of hydrogen-bond donors (Lipinski definition) is 1. The number of rotatable bonds is 4. The summed E-state index contributed by atoms with van der Waals surface area (Å²) in [5.41, 5.74) is 2.53. The molecule has 0 spiro atoms. The second kappa shape index (κ2) is 6.72. The van der Waals surface area contributed by atoms with Crippen LogP contribution in [-0.4, -0.2) is 54.5 Å². The first-order valence-corrected chi connectivity index (χ1v) is 10.8. The summed E-state index contributed by atoms with van der Waals surface area (Å²) >= 11 is 1.60. The van der Waals surface area contributed by atoms with Gasteiger partial charge in [0.05, 0.1) is 18.8 Å². The van der Waals surface area contributed by atoms with Gasteiger partial charge in [0, 0.05) is 49.6 Å². The van der Waals surface area contributed by atoms with Crippen molar-refractivity contribution >= 4 is 28.5 Å². The molecule has 4 saturated heterocycles. The van der Waals surface area contributed by atoms with Crippen molar-refractivity contribution in [3.63, 3.8) is 0 Å². The van der Waals surface area contributed by atoms with E-state index >= 15 is 0 Å². The number of anilines is 1. The highest BCUT2D eigenvalue weighted by molar-refractivity contribution is 7.13. The van der Waals surface area contributed by atoms with Gasteiger partial charge in [0.15, 0.2) is 11.1 Å². The first-order valence-electron chi connectivity index (χ1n) is 9.92. The number of nitrogens with zero attached hydrogens (tertiary/aromatic N) is 3.